The number of alkyl halides is 9. The minimum Gasteiger partial charge on any atom is -0.385 e. The van der Waals surface area contributed by atoms with Crippen molar-refractivity contribution in [1.29, 1.82) is 0 Å². The lowest BCUT2D eigenvalue weighted by Crippen LogP contribution is -2.57. The van der Waals surface area contributed by atoms with E-state index in [2.05, 4.69) is 0 Å². The van der Waals surface area contributed by atoms with Gasteiger partial charge >= 0.3 is 23.7 Å². The smallest absolute Gasteiger partial charge is 0.381 e. The molecule has 1 nitrogen and oxygen atoms in total. The van der Waals surface area contributed by atoms with Gasteiger partial charge in [-0.05, 0) is 25.0 Å². The first kappa shape index (κ1) is 19.9. The minimum atomic E-state index is -6.64. The SMILES string of the molecule is Cc1ccccc1C(C)(O)CC1(F)C(F)(F)C(F)(F)C(F)(F)C1(F)F. The van der Waals surface area contributed by atoms with E-state index in [4.69, 9.17) is 0 Å². The summed E-state index contributed by atoms with van der Waals surface area (Å²) in [4.78, 5) is 0. The summed E-state index contributed by atoms with van der Waals surface area (Å²) in [5, 5.41) is 10.2. The van der Waals surface area contributed by atoms with Crippen molar-refractivity contribution >= 4 is 0 Å². The molecular weight excluding hydrogens is 367 g/mol. The van der Waals surface area contributed by atoms with Gasteiger partial charge in [-0.1, -0.05) is 24.3 Å². The maximum Gasteiger partial charge on any atom is 0.381 e. The lowest BCUT2D eigenvalue weighted by Gasteiger charge is -2.37. The molecule has 0 heterocycles. The van der Waals surface area contributed by atoms with Gasteiger partial charge in [-0.15, -0.1) is 0 Å². The van der Waals surface area contributed by atoms with Crippen LogP contribution in [0.2, 0.25) is 0 Å². The zero-order valence-corrected chi connectivity index (χ0v) is 12.9. The summed E-state index contributed by atoms with van der Waals surface area (Å²) in [6.45, 7) is 1.92. The minimum absolute atomic E-state index is 0.138. The zero-order valence-electron chi connectivity index (χ0n) is 12.9. The predicted molar refractivity (Wildman–Crippen MR) is 69.0 cm³/mol. The van der Waals surface area contributed by atoms with Crippen LogP contribution in [0.1, 0.15) is 24.5 Å². The molecule has 1 atom stereocenters. The van der Waals surface area contributed by atoms with Crippen LogP contribution < -0.4 is 0 Å². The van der Waals surface area contributed by atoms with E-state index >= 15 is 0 Å². The Morgan fingerprint density at radius 1 is 0.800 bits per heavy atom. The highest BCUT2D eigenvalue weighted by atomic mass is 19.4. The van der Waals surface area contributed by atoms with Crippen molar-refractivity contribution in [2.45, 2.75) is 55.2 Å². The molecule has 25 heavy (non-hydrogen) atoms. The molecule has 1 aliphatic rings. The highest BCUT2D eigenvalue weighted by Crippen LogP contribution is 2.70. The van der Waals surface area contributed by atoms with E-state index in [1.807, 2.05) is 0 Å². The van der Waals surface area contributed by atoms with Crippen LogP contribution in [0.4, 0.5) is 39.5 Å². The highest BCUT2D eigenvalue weighted by molar-refractivity contribution is 5.34. The van der Waals surface area contributed by atoms with Crippen molar-refractivity contribution < 1.29 is 44.6 Å². The van der Waals surface area contributed by atoms with Crippen LogP contribution in [-0.2, 0) is 5.60 Å². The number of benzene rings is 1. The molecule has 0 saturated heterocycles. The number of aliphatic hydroxyl groups is 1. The van der Waals surface area contributed by atoms with Crippen LogP contribution in [0.25, 0.3) is 0 Å². The monoisotopic (exact) mass is 380 g/mol. The fourth-order valence-electron chi connectivity index (χ4n) is 3.06. The van der Waals surface area contributed by atoms with Gasteiger partial charge in [-0.25, -0.2) is 4.39 Å². The topological polar surface area (TPSA) is 20.2 Å². The molecule has 142 valence electrons. The van der Waals surface area contributed by atoms with Gasteiger partial charge in [0.05, 0.1) is 5.60 Å². The first-order valence-corrected chi connectivity index (χ1v) is 6.96. The number of rotatable bonds is 3. The van der Waals surface area contributed by atoms with E-state index in [9.17, 15) is 44.6 Å². The van der Waals surface area contributed by atoms with Gasteiger partial charge in [0.15, 0.2) is 0 Å². The molecule has 0 bridgehead atoms. The van der Waals surface area contributed by atoms with E-state index < -0.39 is 41.4 Å². The fraction of sp³-hybridized carbons (Fsp3) is 0.600. The van der Waals surface area contributed by atoms with Crippen molar-refractivity contribution in [3.63, 3.8) is 0 Å². The summed E-state index contributed by atoms with van der Waals surface area (Å²) >= 11 is 0. The molecule has 1 unspecified atom stereocenters. The molecule has 1 N–H and O–H groups in total. The third-order valence-corrected chi connectivity index (χ3v) is 4.49. The Labute approximate surface area is 136 Å². The lowest BCUT2D eigenvalue weighted by atomic mass is 9.79. The lowest BCUT2D eigenvalue weighted by molar-refractivity contribution is -0.303. The Balaban J connectivity index is 2.63. The summed E-state index contributed by atoms with van der Waals surface area (Å²) in [5.74, 6) is -26.1. The number of hydrogen-bond donors (Lipinski definition) is 1. The molecule has 2 rings (SSSR count). The Kier molecular flexibility index (Phi) is 4.01. The van der Waals surface area contributed by atoms with Gasteiger partial charge in [-0.3, -0.25) is 0 Å². The first-order valence-electron chi connectivity index (χ1n) is 6.96. The molecule has 1 aromatic rings. The van der Waals surface area contributed by atoms with Crippen LogP contribution in [0.5, 0.6) is 0 Å². The Bertz CT molecular complexity index is 655. The summed E-state index contributed by atoms with van der Waals surface area (Å²) in [6, 6.07) is 5.03. The van der Waals surface area contributed by atoms with Crippen molar-refractivity contribution in [2.75, 3.05) is 0 Å². The van der Waals surface area contributed by atoms with Crippen molar-refractivity contribution in [3.05, 3.63) is 35.4 Å². The summed E-state index contributed by atoms with van der Waals surface area (Å²) in [5.41, 5.74) is -8.72. The van der Waals surface area contributed by atoms with Gasteiger partial charge in [0.25, 0.3) is 5.67 Å². The van der Waals surface area contributed by atoms with Gasteiger partial charge in [0, 0.05) is 6.42 Å². The number of aryl methyl sites for hydroxylation is 1. The average molecular weight is 380 g/mol. The van der Waals surface area contributed by atoms with Gasteiger partial charge in [0.2, 0.25) is 0 Å². The van der Waals surface area contributed by atoms with E-state index in [0.717, 1.165) is 6.07 Å². The van der Waals surface area contributed by atoms with E-state index in [-0.39, 0.29) is 11.1 Å². The normalized spacial score (nSPS) is 27.7. The van der Waals surface area contributed by atoms with Gasteiger partial charge < -0.3 is 5.11 Å². The number of halogens is 9. The largest absolute Gasteiger partial charge is 0.385 e. The quantitative estimate of drug-likeness (QED) is 0.743. The Morgan fingerprint density at radius 2 is 1.20 bits per heavy atom. The average Bonchev–Trinajstić information content (AvgIpc) is 2.49. The van der Waals surface area contributed by atoms with Gasteiger partial charge in [0.1, 0.15) is 0 Å². The second kappa shape index (κ2) is 5.05. The maximum atomic E-state index is 14.6. The van der Waals surface area contributed by atoms with Crippen LogP contribution >= 0.6 is 0 Å². The molecule has 1 aromatic carbocycles. The van der Waals surface area contributed by atoms with E-state index in [0.29, 0.717) is 6.92 Å². The standard InChI is InChI=1S/C15H13F9O/c1-8-5-3-4-6-9(8)10(2,25)7-11(16)12(17,18)14(21,22)15(23,24)13(11,19)20/h3-6,25H,7H2,1-2H3. The second-order valence-corrected chi connectivity index (χ2v) is 6.36. The molecule has 1 saturated carbocycles. The first-order chi connectivity index (χ1) is 11.0. The fourth-order valence-corrected chi connectivity index (χ4v) is 3.06. The molecule has 0 aliphatic heterocycles. The van der Waals surface area contributed by atoms with E-state index in [1.165, 1.54) is 25.1 Å². The molecule has 1 aliphatic carbocycles. The Morgan fingerprint density at radius 3 is 1.60 bits per heavy atom. The molecule has 0 amide bonds. The molecular formula is C15H13F9O. The molecule has 0 aromatic heterocycles. The van der Waals surface area contributed by atoms with Crippen molar-refractivity contribution in [2.24, 2.45) is 0 Å². The zero-order chi connectivity index (χ0) is 19.7. The second-order valence-electron chi connectivity index (χ2n) is 6.36. The van der Waals surface area contributed by atoms with Crippen molar-refractivity contribution in [1.82, 2.24) is 0 Å². The summed E-state index contributed by atoms with van der Waals surface area (Å²) in [6.07, 6.45) is -2.37. The predicted octanol–water partition coefficient (Wildman–Crippen LogP) is 4.86. The van der Waals surface area contributed by atoms with Gasteiger partial charge in [-0.2, -0.15) is 35.1 Å². The van der Waals surface area contributed by atoms with Crippen LogP contribution in [-0.4, -0.2) is 34.5 Å². The Hall–Kier alpha value is -1.45. The van der Waals surface area contributed by atoms with Crippen LogP contribution in [0.15, 0.2) is 24.3 Å². The maximum absolute atomic E-state index is 14.6. The van der Waals surface area contributed by atoms with Crippen LogP contribution in [0.3, 0.4) is 0 Å². The number of hydrogen-bond acceptors (Lipinski definition) is 1. The van der Waals surface area contributed by atoms with Crippen LogP contribution in [0, 0.1) is 6.92 Å². The summed E-state index contributed by atoms with van der Waals surface area (Å²) in [7, 11) is 0. The van der Waals surface area contributed by atoms with E-state index in [1.54, 1.807) is 0 Å². The highest BCUT2D eigenvalue weighted by Gasteiger charge is 3.00. The molecule has 0 radical (unpaired) electrons. The van der Waals surface area contributed by atoms with Crippen molar-refractivity contribution in [3.8, 4) is 0 Å². The molecule has 0 spiro atoms. The summed E-state index contributed by atoms with van der Waals surface area (Å²) < 4.78 is 122. The third kappa shape index (κ3) is 2.15. The molecule has 10 heteroatoms. The molecule has 1 fully saturated rings. The third-order valence-electron chi connectivity index (χ3n) is 4.49.